The van der Waals surface area contributed by atoms with E-state index in [0.29, 0.717) is 5.75 Å². The number of nitrogens with zero attached hydrogens (tertiary/aromatic N) is 1. The zero-order valence-electron chi connectivity index (χ0n) is 10.8. The maximum absolute atomic E-state index is 12.0. The summed E-state index contributed by atoms with van der Waals surface area (Å²) in [4.78, 5) is 0. The number of hydrogen-bond donors (Lipinski definition) is 1. The van der Waals surface area contributed by atoms with E-state index in [-0.39, 0.29) is 5.75 Å². The lowest BCUT2D eigenvalue weighted by Gasteiger charge is -2.03. The molecule has 1 aromatic rings. The third kappa shape index (κ3) is 2.09. The lowest BCUT2D eigenvalue weighted by Crippen LogP contribution is -2.29. The van der Waals surface area contributed by atoms with Gasteiger partial charge in [-0.3, -0.25) is 0 Å². The second-order valence-corrected chi connectivity index (χ2v) is 7.08. The molecule has 1 aliphatic carbocycles. The van der Waals surface area contributed by atoms with Gasteiger partial charge < -0.3 is 10.5 Å². The zero-order chi connectivity index (χ0) is 14.3. The summed E-state index contributed by atoms with van der Waals surface area (Å²) in [6, 6.07) is 8.94. The second-order valence-electron chi connectivity index (χ2n) is 4.67. The van der Waals surface area contributed by atoms with Crippen LogP contribution in [-0.2, 0) is 9.84 Å². The highest BCUT2D eigenvalue weighted by Crippen LogP contribution is 2.54. The molecule has 1 aliphatic rings. The Bertz CT molecular complexity index is 618. The Morgan fingerprint density at radius 1 is 1.42 bits per heavy atom. The van der Waals surface area contributed by atoms with Crippen molar-refractivity contribution in [2.45, 2.75) is 23.6 Å². The Balaban J connectivity index is 2.37. The van der Waals surface area contributed by atoms with Crippen molar-refractivity contribution in [3.8, 4) is 11.8 Å². The van der Waals surface area contributed by atoms with Crippen molar-refractivity contribution in [2.24, 2.45) is 5.73 Å². The Kier molecular flexibility index (Phi) is 3.29. The minimum atomic E-state index is -3.34. The van der Waals surface area contributed by atoms with Crippen molar-refractivity contribution in [1.82, 2.24) is 0 Å². The molecular formula is C13H16N2O3S. The predicted octanol–water partition coefficient (Wildman–Crippen LogP) is 0.817. The second kappa shape index (κ2) is 4.51. The molecule has 5 nitrogen and oxygen atoms in total. The number of methoxy groups -OCH3 is 1. The molecule has 2 N–H and O–H groups in total. The first-order chi connectivity index (χ1) is 8.90. The first kappa shape index (κ1) is 13.8. The number of nitriles is 1. The van der Waals surface area contributed by atoms with Crippen molar-refractivity contribution in [3.63, 3.8) is 0 Å². The zero-order valence-corrected chi connectivity index (χ0v) is 11.6. The summed E-state index contributed by atoms with van der Waals surface area (Å²) in [5.41, 5.74) is 5.37. The van der Waals surface area contributed by atoms with Crippen LogP contribution in [0, 0.1) is 11.3 Å². The van der Waals surface area contributed by atoms with E-state index in [0.717, 1.165) is 5.56 Å². The molecule has 2 rings (SSSR count). The molecule has 0 bridgehead atoms. The van der Waals surface area contributed by atoms with Gasteiger partial charge in [-0.1, -0.05) is 19.1 Å². The summed E-state index contributed by atoms with van der Waals surface area (Å²) in [6.07, 6.45) is 0. The Labute approximate surface area is 112 Å². The molecule has 1 fully saturated rings. The van der Waals surface area contributed by atoms with Crippen LogP contribution >= 0.6 is 0 Å². The summed E-state index contributed by atoms with van der Waals surface area (Å²) in [6.45, 7) is 1.57. The van der Waals surface area contributed by atoms with Gasteiger partial charge in [0.05, 0.1) is 13.2 Å². The maximum atomic E-state index is 12.0. The number of rotatable bonds is 4. The Morgan fingerprint density at radius 3 is 2.42 bits per heavy atom. The minimum absolute atomic E-state index is 0.00898. The first-order valence-electron chi connectivity index (χ1n) is 5.96. The Morgan fingerprint density at radius 2 is 2.00 bits per heavy atom. The van der Waals surface area contributed by atoms with Crippen LogP contribution in [0.5, 0.6) is 5.75 Å². The molecule has 0 unspecified atom stereocenters. The van der Waals surface area contributed by atoms with Crippen LogP contribution in [0.25, 0.3) is 0 Å². The van der Waals surface area contributed by atoms with Gasteiger partial charge in [0, 0.05) is 11.7 Å². The average molecular weight is 280 g/mol. The van der Waals surface area contributed by atoms with Crippen LogP contribution in [-0.4, -0.2) is 32.1 Å². The molecular weight excluding hydrogens is 264 g/mol. The monoisotopic (exact) mass is 280 g/mol. The van der Waals surface area contributed by atoms with Gasteiger partial charge in [-0.2, -0.15) is 5.26 Å². The van der Waals surface area contributed by atoms with Crippen LogP contribution in [0.3, 0.4) is 0 Å². The average Bonchev–Trinajstić information content (AvgIpc) is 3.07. The van der Waals surface area contributed by atoms with Gasteiger partial charge in [-0.05, 0) is 17.7 Å². The van der Waals surface area contributed by atoms with Crippen LogP contribution < -0.4 is 10.5 Å². The van der Waals surface area contributed by atoms with Gasteiger partial charge >= 0.3 is 0 Å². The topological polar surface area (TPSA) is 93.2 Å². The van der Waals surface area contributed by atoms with Crippen LogP contribution in [0.15, 0.2) is 24.3 Å². The number of hydrogen-bond acceptors (Lipinski definition) is 5. The fourth-order valence-corrected chi connectivity index (χ4v) is 4.32. The van der Waals surface area contributed by atoms with Gasteiger partial charge in [-0.25, -0.2) is 8.42 Å². The van der Waals surface area contributed by atoms with E-state index < -0.39 is 26.5 Å². The van der Waals surface area contributed by atoms with Crippen molar-refractivity contribution in [1.29, 1.82) is 5.26 Å². The molecule has 102 valence electrons. The molecule has 0 aromatic heterocycles. The van der Waals surface area contributed by atoms with Gasteiger partial charge in [0.2, 0.25) is 0 Å². The van der Waals surface area contributed by atoms with Crippen molar-refractivity contribution in [3.05, 3.63) is 29.8 Å². The van der Waals surface area contributed by atoms with E-state index in [2.05, 4.69) is 0 Å². The smallest absolute Gasteiger partial charge is 0.156 e. The quantitative estimate of drug-likeness (QED) is 0.881. The predicted molar refractivity (Wildman–Crippen MR) is 71.5 cm³/mol. The summed E-state index contributed by atoms with van der Waals surface area (Å²) >= 11 is 0. The third-order valence-electron chi connectivity index (χ3n) is 3.64. The molecule has 1 saturated carbocycles. The number of benzene rings is 1. The van der Waals surface area contributed by atoms with E-state index in [1.807, 2.05) is 6.07 Å². The standard InChI is InChI=1S/C13H16N2O3S/c1-3-19(16,17)12-11(13(12,15)8-14)9-4-6-10(18-2)7-5-9/h4-7,11-12H,3,15H2,1-2H3/t11-,12-,13-/m0/s1. The number of ether oxygens (including phenoxy) is 1. The number of sulfone groups is 1. The fourth-order valence-electron chi connectivity index (χ4n) is 2.45. The maximum Gasteiger partial charge on any atom is 0.156 e. The van der Waals surface area contributed by atoms with Crippen LogP contribution in [0.4, 0.5) is 0 Å². The van der Waals surface area contributed by atoms with Crippen LogP contribution in [0.2, 0.25) is 0 Å². The summed E-state index contributed by atoms with van der Waals surface area (Å²) in [5.74, 6) is 0.206. The van der Waals surface area contributed by atoms with E-state index >= 15 is 0 Å². The normalized spacial score (nSPS) is 29.6. The first-order valence-corrected chi connectivity index (χ1v) is 7.68. The van der Waals surface area contributed by atoms with Crippen molar-refractivity contribution in [2.75, 3.05) is 12.9 Å². The fraction of sp³-hybridized carbons (Fsp3) is 0.462. The van der Waals surface area contributed by atoms with E-state index in [9.17, 15) is 8.42 Å². The van der Waals surface area contributed by atoms with Crippen LogP contribution in [0.1, 0.15) is 18.4 Å². The molecule has 0 radical (unpaired) electrons. The highest BCUT2D eigenvalue weighted by molar-refractivity contribution is 7.92. The van der Waals surface area contributed by atoms with Gasteiger partial charge in [0.25, 0.3) is 0 Å². The lowest BCUT2D eigenvalue weighted by molar-refractivity contribution is 0.414. The summed E-state index contributed by atoms with van der Waals surface area (Å²) in [7, 11) is -1.78. The molecule has 0 aliphatic heterocycles. The van der Waals surface area contributed by atoms with Crippen molar-refractivity contribution < 1.29 is 13.2 Å². The molecule has 0 saturated heterocycles. The summed E-state index contributed by atoms with van der Waals surface area (Å²) in [5, 5.41) is 8.35. The molecule has 1 aromatic carbocycles. The molecule has 3 atom stereocenters. The largest absolute Gasteiger partial charge is 0.497 e. The molecule has 0 spiro atoms. The molecule has 6 heteroatoms. The SMILES string of the molecule is CCS(=O)(=O)[C@H]1[C@H](c2ccc(OC)cc2)[C@@]1(N)C#N. The minimum Gasteiger partial charge on any atom is -0.497 e. The van der Waals surface area contributed by atoms with E-state index in [1.165, 1.54) is 0 Å². The Hall–Kier alpha value is -1.58. The molecule has 0 amide bonds. The third-order valence-corrected chi connectivity index (χ3v) is 5.88. The van der Waals surface area contributed by atoms with E-state index in [4.69, 9.17) is 15.7 Å². The lowest BCUT2D eigenvalue weighted by atomic mass is 10.1. The summed E-state index contributed by atoms with van der Waals surface area (Å²) < 4.78 is 29.0. The molecule has 0 heterocycles. The van der Waals surface area contributed by atoms with Gasteiger partial charge in [0.1, 0.15) is 16.5 Å². The highest BCUT2D eigenvalue weighted by atomic mass is 32.2. The van der Waals surface area contributed by atoms with E-state index in [1.54, 1.807) is 38.3 Å². The van der Waals surface area contributed by atoms with Gasteiger partial charge in [0.15, 0.2) is 9.84 Å². The molecule has 19 heavy (non-hydrogen) atoms. The van der Waals surface area contributed by atoms with Gasteiger partial charge in [-0.15, -0.1) is 0 Å². The number of nitrogens with two attached hydrogens (primary N) is 1. The highest BCUT2D eigenvalue weighted by Gasteiger charge is 2.69. The van der Waals surface area contributed by atoms with Crippen molar-refractivity contribution >= 4 is 9.84 Å².